The molecule has 2 aromatic heterocycles. The molecule has 0 unspecified atom stereocenters. The monoisotopic (exact) mass is 509 g/mol. The van der Waals surface area contributed by atoms with Crippen molar-refractivity contribution in [2.75, 3.05) is 5.32 Å². The minimum absolute atomic E-state index is 0.0530. The summed E-state index contributed by atoms with van der Waals surface area (Å²) >= 11 is 0. The quantitative estimate of drug-likeness (QED) is 0.322. The van der Waals surface area contributed by atoms with Crippen molar-refractivity contribution in [3.8, 4) is 11.3 Å². The largest absolute Gasteiger partial charge is 0.456 e. The zero-order valence-corrected chi connectivity index (χ0v) is 21.8. The molecule has 9 heteroatoms. The van der Waals surface area contributed by atoms with E-state index in [2.05, 4.69) is 10.4 Å². The van der Waals surface area contributed by atoms with E-state index in [9.17, 15) is 18.4 Å². The number of aryl methyl sites for hydroxylation is 2. The molecule has 2 aromatic carbocycles. The van der Waals surface area contributed by atoms with E-state index in [1.54, 1.807) is 64.8 Å². The van der Waals surface area contributed by atoms with Crippen LogP contribution in [0.5, 0.6) is 0 Å². The predicted octanol–water partition coefficient (Wildman–Crippen LogP) is 6.22. The minimum Gasteiger partial charge on any atom is -0.456 e. The molecule has 0 aliphatic carbocycles. The molecule has 2 heterocycles. The number of ether oxygens (including phenoxy) is 1. The fraction of sp³-hybridized carbons (Fsp3) is 0.321. The number of hydrogen-bond acceptors (Lipinski definition) is 6. The third-order valence-electron chi connectivity index (χ3n) is 5.90. The van der Waals surface area contributed by atoms with Gasteiger partial charge >= 0.3 is 5.97 Å². The fourth-order valence-electron chi connectivity index (χ4n) is 4.21. The van der Waals surface area contributed by atoms with Crippen LogP contribution in [0.2, 0.25) is 0 Å². The number of hydrogen-bond donors (Lipinski definition) is 1. The van der Waals surface area contributed by atoms with Gasteiger partial charge in [-0.1, -0.05) is 6.07 Å². The smallest absolute Gasteiger partial charge is 0.343 e. The van der Waals surface area contributed by atoms with Crippen LogP contribution in [0, 0.1) is 25.5 Å². The van der Waals surface area contributed by atoms with Crippen molar-refractivity contribution in [1.82, 2.24) is 9.78 Å². The Labute approximate surface area is 213 Å². The Morgan fingerprint density at radius 1 is 1.19 bits per heavy atom. The molecule has 4 aromatic rings. The Kier molecular flexibility index (Phi) is 6.66. The number of nitrogens with zero attached hydrogens (tertiary/aromatic N) is 2. The van der Waals surface area contributed by atoms with Crippen LogP contribution in [0.15, 0.2) is 45.9 Å². The van der Waals surface area contributed by atoms with Crippen LogP contribution in [0.3, 0.4) is 0 Å². The maximum absolute atomic E-state index is 14.8. The Hall–Kier alpha value is -4.01. The lowest BCUT2D eigenvalue weighted by Gasteiger charge is -2.23. The standard InChI is InChI=1S/C28H29F2N3O4/c1-14-10-18(26-19(11-14)24(34)15(2)25(36-26)17-12-31-33(7)13-17)16(3)32-21-9-8-20(29)23(30)22(21)27(35)37-28(4,5)6/h8-13,16,32H,1-7H3/t16-/m1/s1. The zero-order chi connectivity index (χ0) is 27.2. The fourth-order valence-corrected chi connectivity index (χ4v) is 4.21. The molecule has 0 spiro atoms. The summed E-state index contributed by atoms with van der Waals surface area (Å²) in [6.07, 6.45) is 3.36. The minimum atomic E-state index is -1.30. The van der Waals surface area contributed by atoms with Gasteiger partial charge in [-0.2, -0.15) is 5.10 Å². The van der Waals surface area contributed by atoms with E-state index in [0.717, 1.165) is 11.6 Å². The predicted molar refractivity (Wildman–Crippen MR) is 138 cm³/mol. The van der Waals surface area contributed by atoms with Gasteiger partial charge in [0.25, 0.3) is 0 Å². The van der Waals surface area contributed by atoms with Crippen molar-refractivity contribution in [1.29, 1.82) is 0 Å². The molecule has 0 saturated heterocycles. The molecule has 4 rings (SSSR count). The number of esters is 1. The van der Waals surface area contributed by atoms with E-state index in [4.69, 9.17) is 9.15 Å². The van der Waals surface area contributed by atoms with Gasteiger partial charge in [-0.15, -0.1) is 0 Å². The maximum Gasteiger partial charge on any atom is 0.343 e. The van der Waals surface area contributed by atoms with E-state index in [0.29, 0.717) is 33.4 Å². The first-order chi connectivity index (χ1) is 17.3. The summed E-state index contributed by atoms with van der Waals surface area (Å²) in [5.74, 6) is -3.07. The number of halogens is 2. The first-order valence-electron chi connectivity index (χ1n) is 11.8. The highest BCUT2D eigenvalue weighted by Crippen LogP contribution is 2.33. The van der Waals surface area contributed by atoms with Crippen molar-refractivity contribution in [3.63, 3.8) is 0 Å². The van der Waals surface area contributed by atoms with Crippen LogP contribution in [0.1, 0.15) is 60.8 Å². The second-order valence-electron chi connectivity index (χ2n) is 10.2. The van der Waals surface area contributed by atoms with Crippen LogP contribution in [0.25, 0.3) is 22.3 Å². The second kappa shape index (κ2) is 9.46. The molecule has 0 aliphatic rings. The number of carbonyl (C=O) groups is 1. The van der Waals surface area contributed by atoms with E-state index < -0.39 is 34.8 Å². The summed E-state index contributed by atoms with van der Waals surface area (Å²) < 4.78 is 42.1. The second-order valence-corrected chi connectivity index (χ2v) is 10.2. The molecular weight excluding hydrogens is 480 g/mol. The first-order valence-corrected chi connectivity index (χ1v) is 11.8. The molecule has 0 bridgehead atoms. The Bertz CT molecular complexity index is 1580. The number of benzene rings is 2. The summed E-state index contributed by atoms with van der Waals surface area (Å²) in [6, 6.07) is 5.25. The lowest BCUT2D eigenvalue weighted by molar-refractivity contribution is 0.00648. The molecule has 1 atom stereocenters. The van der Waals surface area contributed by atoms with Crippen LogP contribution < -0.4 is 10.7 Å². The lowest BCUT2D eigenvalue weighted by Crippen LogP contribution is -2.26. The molecule has 0 aliphatic heterocycles. The molecule has 7 nitrogen and oxygen atoms in total. The number of anilines is 1. The average molecular weight is 510 g/mol. The summed E-state index contributed by atoms with van der Waals surface area (Å²) in [6.45, 7) is 10.2. The van der Waals surface area contributed by atoms with Crippen molar-refractivity contribution in [2.24, 2.45) is 7.05 Å². The highest BCUT2D eigenvalue weighted by atomic mass is 19.2. The van der Waals surface area contributed by atoms with Gasteiger partial charge in [0.1, 0.15) is 22.5 Å². The van der Waals surface area contributed by atoms with Gasteiger partial charge < -0.3 is 14.5 Å². The van der Waals surface area contributed by atoms with Crippen molar-refractivity contribution in [2.45, 2.75) is 53.2 Å². The van der Waals surface area contributed by atoms with E-state index >= 15 is 0 Å². The third-order valence-corrected chi connectivity index (χ3v) is 5.90. The molecule has 37 heavy (non-hydrogen) atoms. The zero-order valence-electron chi connectivity index (χ0n) is 21.8. The molecule has 0 saturated carbocycles. The molecule has 194 valence electrons. The number of carbonyl (C=O) groups excluding carboxylic acids is 1. The number of nitrogens with one attached hydrogen (secondary N) is 1. The first kappa shape index (κ1) is 26.1. The molecule has 1 N–H and O–H groups in total. The van der Waals surface area contributed by atoms with Crippen LogP contribution in [-0.2, 0) is 11.8 Å². The highest BCUT2D eigenvalue weighted by molar-refractivity contribution is 5.96. The van der Waals surface area contributed by atoms with Crippen LogP contribution in [0.4, 0.5) is 14.5 Å². The molecule has 0 amide bonds. The summed E-state index contributed by atoms with van der Waals surface area (Å²) in [5, 5.41) is 7.66. The topological polar surface area (TPSA) is 86.4 Å². The van der Waals surface area contributed by atoms with E-state index in [-0.39, 0.29) is 11.1 Å². The van der Waals surface area contributed by atoms with Gasteiger partial charge in [0, 0.05) is 24.4 Å². The van der Waals surface area contributed by atoms with Gasteiger partial charge in [-0.05, 0) is 65.3 Å². The summed E-state index contributed by atoms with van der Waals surface area (Å²) in [5.41, 5.74) is 1.30. The van der Waals surface area contributed by atoms with Crippen molar-refractivity contribution >= 4 is 22.6 Å². The summed E-state index contributed by atoms with van der Waals surface area (Å²) in [4.78, 5) is 26.1. The number of rotatable bonds is 5. The SMILES string of the molecule is Cc1cc([C@@H](C)Nc2ccc(F)c(F)c2C(=O)OC(C)(C)C)c2oc(-c3cnn(C)c3)c(C)c(=O)c2c1. The van der Waals surface area contributed by atoms with Gasteiger partial charge in [-0.3, -0.25) is 9.48 Å². The lowest BCUT2D eigenvalue weighted by atomic mass is 9.99. The highest BCUT2D eigenvalue weighted by Gasteiger charge is 2.27. The molecular formula is C28H29F2N3O4. The maximum atomic E-state index is 14.8. The van der Waals surface area contributed by atoms with Gasteiger partial charge in [-0.25, -0.2) is 13.6 Å². The molecule has 0 fully saturated rings. The molecule has 0 radical (unpaired) electrons. The van der Waals surface area contributed by atoms with E-state index in [1.165, 1.54) is 6.07 Å². The normalized spacial score (nSPS) is 12.6. The van der Waals surface area contributed by atoms with Gasteiger partial charge in [0.15, 0.2) is 17.1 Å². The Morgan fingerprint density at radius 2 is 1.89 bits per heavy atom. The van der Waals surface area contributed by atoms with Crippen molar-refractivity contribution in [3.05, 3.63) is 80.8 Å². The van der Waals surface area contributed by atoms with Crippen LogP contribution in [-0.4, -0.2) is 21.4 Å². The Balaban J connectivity index is 1.85. The average Bonchev–Trinajstić information content (AvgIpc) is 3.23. The van der Waals surface area contributed by atoms with Gasteiger partial charge in [0.05, 0.1) is 28.9 Å². The van der Waals surface area contributed by atoms with Gasteiger partial charge in [0.2, 0.25) is 0 Å². The third kappa shape index (κ3) is 5.12. The van der Waals surface area contributed by atoms with Crippen molar-refractivity contribution < 1.29 is 22.7 Å². The number of aromatic nitrogens is 2. The Morgan fingerprint density at radius 3 is 2.51 bits per heavy atom. The summed E-state index contributed by atoms with van der Waals surface area (Å²) in [7, 11) is 1.77. The van der Waals surface area contributed by atoms with E-state index in [1.807, 2.05) is 13.0 Å². The van der Waals surface area contributed by atoms with Crippen LogP contribution >= 0.6 is 0 Å². The number of fused-ring (bicyclic) bond motifs is 1.